The fourth-order valence-corrected chi connectivity index (χ4v) is 3.07. The fraction of sp³-hybridized carbons (Fsp3) is 0.200. The Morgan fingerprint density at radius 3 is 2.50 bits per heavy atom. The van der Waals surface area contributed by atoms with E-state index < -0.39 is 17.7 Å². The molecule has 0 bridgehead atoms. The quantitative estimate of drug-likeness (QED) is 0.712. The van der Waals surface area contributed by atoms with Crippen LogP contribution >= 0.6 is 31.9 Å². The molecule has 0 fully saturated rings. The van der Waals surface area contributed by atoms with Gasteiger partial charge in [0.1, 0.15) is 11.6 Å². The molecule has 0 aromatic heterocycles. The minimum absolute atomic E-state index is 0.00417. The van der Waals surface area contributed by atoms with Crippen molar-refractivity contribution in [1.29, 1.82) is 0 Å². The first kappa shape index (κ1) is 15.6. The van der Waals surface area contributed by atoms with Crippen molar-refractivity contribution in [3.63, 3.8) is 0 Å². The van der Waals surface area contributed by atoms with Crippen molar-refractivity contribution in [2.24, 2.45) is 5.73 Å². The summed E-state index contributed by atoms with van der Waals surface area (Å²) in [5, 5.41) is 0. The third kappa shape index (κ3) is 3.45. The minimum Gasteiger partial charge on any atom is -0.324 e. The molecule has 1 atom stereocenters. The average Bonchev–Trinajstić information content (AvgIpc) is 2.38. The van der Waals surface area contributed by atoms with Crippen LogP contribution < -0.4 is 5.73 Å². The summed E-state index contributed by atoms with van der Waals surface area (Å²) in [7, 11) is 0. The first-order valence-corrected chi connectivity index (χ1v) is 7.62. The van der Waals surface area contributed by atoms with Crippen molar-refractivity contribution >= 4 is 31.9 Å². The Kier molecular flexibility index (Phi) is 4.94. The summed E-state index contributed by atoms with van der Waals surface area (Å²) in [4.78, 5) is 0. The smallest absolute Gasteiger partial charge is 0.143 e. The van der Waals surface area contributed by atoms with Crippen molar-refractivity contribution in [3.05, 3.63) is 67.6 Å². The van der Waals surface area contributed by atoms with Gasteiger partial charge in [0.25, 0.3) is 0 Å². The van der Waals surface area contributed by atoms with Crippen LogP contribution in [0.5, 0.6) is 0 Å². The number of nitrogens with two attached hydrogens (primary N) is 1. The van der Waals surface area contributed by atoms with E-state index in [1.165, 1.54) is 12.1 Å². The summed E-state index contributed by atoms with van der Waals surface area (Å²) in [5.74, 6) is -1.17. The molecule has 0 amide bonds. The molecule has 1 unspecified atom stereocenters. The topological polar surface area (TPSA) is 26.0 Å². The van der Waals surface area contributed by atoms with E-state index in [0.29, 0.717) is 0 Å². The van der Waals surface area contributed by atoms with Crippen LogP contribution in [-0.2, 0) is 6.42 Å². The second kappa shape index (κ2) is 6.33. The molecule has 106 valence electrons. The molecule has 2 rings (SSSR count). The molecule has 2 N–H and O–H groups in total. The Morgan fingerprint density at radius 2 is 1.85 bits per heavy atom. The van der Waals surface area contributed by atoms with E-state index in [0.717, 1.165) is 15.6 Å². The predicted octanol–water partition coefficient (Wildman–Crippen LogP) is 5.04. The zero-order chi connectivity index (χ0) is 14.9. The molecule has 0 aliphatic carbocycles. The third-order valence-electron chi connectivity index (χ3n) is 3.06. The van der Waals surface area contributed by atoms with E-state index in [1.54, 1.807) is 0 Å². The lowest BCUT2D eigenvalue weighted by Gasteiger charge is -2.15. The number of benzene rings is 2. The number of halogens is 4. The van der Waals surface area contributed by atoms with Crippen LogP contribution in [0.15, 0.2) is 39.3 Å². The van der Waals surface area contributed by atoms with Crippen LogP contribution in [-0.4, -0.2) is 0 Å². The number of hydrogen-bond acceptors (Lipinski definition) is 1. The Bertz CT molecular complexity index is 624. The zero-order valence-electron chi connectivity index (χ0n) is 10.8. The molecule has 0 aliphatic heterocycles. The second-order valence-electron chi connectivity index (χ2n) is 4.69. The monoisotopic (exact) mass is 403 g/mol. The lowest BCUT2D eigenvalue weighted by atomic mass is 9.98. The molecule has 0 spiro atoms. The average molecular weight is 405 g/mol. The van der Waals surface area contributed by atoms with E-state index in [9.17, 15) is 8.78 Å². The zero-order valence-corrected chi connectivity index (χ0v) is 13.9. The van der Waals surface area contributed by atoms with Gasteiger partial charge in [-0.1, -0.05) is 22.0 Å². The normalized spacial score (nSPS) is 12.5. The highest BCUT2D eigenvalue weighted by Gasteiger charge is 2.17. The van der Waals surface area contributed by atoms with Gasteiger partial charge in [0.15, 0.2) is 0 Å². The third-order valence-corrected chi connectivity index (χ3v) is 4.13. The van der Waals surface area contributed by atoms with Gasteiger partial charge in [-0.15, -0.1) is 0 Å². The molecular weight excluding hydrogens is 392 g/mol. The van der Waals surface area contributed by atoms with Crippen LogP contribution in [0.3, 0.4) is 0 Å². The molecule has 0 radical (unpaired) electrons. The second-order valence-corrected chi connectivity index (χ2v) is 6.46. The minimum atomic E-state index is -0.591. The summed E-state index contributed by atoms with van der Waals surface area (Å²) < 4.78 is 28.8. The lowest BCUT2D eigenvalue weighted by Crippen LogP contribution is -2.15. The van der Waals surface area contributed by atoms with Crippen molar-refractivity contribution in [2.45, 2.75) is 19.4 Å². The molecule has 0 heterocycles. The largest absolute Gasteiger partial charge is 0.324 e. The van der Waals surface area contributed by atoms with Crippen LogP contribution in [0.2, 0.25) is 0 Å². The molecule has 2 aromatic rings. The van der Waals surface area contributed by atoms with Gasteiger partial charge in [-0.3, -0.25) is 0 Å². The van der Waals surface area contributed by atoms with Crippen molar-refractivity contribution < 1.29 is 8.78 Å². The SMILES string of the molecule is Cc1cc(Br)cc(C(N)Cc2c(F)ccc(Br)c2F)c1. The Balaban J connectivity index is 2.32. The fourth-order valence-electron chi connectivity index (χ4n) is 2.07. The summed E-state index contributed by atoms with van der Waals surface area (Å²) in [6, 6.07) is 7.86. The predicted molar refractivity (Wildman–Crippen MR) is 83.6 cm³/mol. The Hall–Kier alpha value is -0.780. The van der Waals surface area contributed by atoms with Gasteiger partial charge in [0.05, 0.1) is 4.47 Å². The van der Waals surface area contributed by atoms with E-state index in [4.69, 9.17) is 5.73 Å². The number of aryl methyl sites for hydroxylation is 1. The van der Waals surface area contributed by atoms with Gasteiger partial charge >= 0.3 is 0 Å². The highest BCUT2D eigenvalue weighted by molar-refractivity contribution is 9.10. The van der Waals surface area contributed by atoms with E-state index in [-0.39, 0.29) is 16.5 Å². The summed E-state index contributed by atoms with van der Waals surface area (Å²) in [6.07, 6.45) is 0.104. The van der Waals surface area contributed by atoms with Crippen LogP contribution in [0.4, 0.5) is 8.78 Å². The van der Waals surface area contributed by atoms with E-state index >= 15 is 0 Å². The van der Waals surface area contributed by atoms with E-state index in [2.05, 4.69) is 31.9 Å². The van der Waals surface area contributed by atoms with Gasteiger partial charge in [0.2, 0.25) is 0 Å². The summed E-state index contributed by atoms with van der Waals surface area (Å²) in [6.45, 7) is 1.95. The van der Waals surface area contributed by atoms with Crippen molar-refractivity contribution in [1.82, 2.24) is 0 Å². The first-order valence-electron chi connectivity index (χ1n) is 6.03. The van der Waals surface area contributed by atoms with Gasteiger partial charge < -0.3 is 5.73 Å². The molecule has 20 heavy (non-hydrogen) atoms. The molecular formula is C15H13Br2F2N. The van der Waals surface area contributed by atoms with Gasteiger partial charge in [-0.2, -0.15) is 0 Å². The molecule has 1 nitrogen and oxygen atoms in total. The van der Waals surface area contributed by atoms with Crippen LogP contribution in [0.25, 0.3) is 0 Å². The maximum absolute atomic E-state index is 13.9. The van der Waals surface area contributed by atoms with Gasteiger partial charge in [-0.25, -0.2) is 8.78 Å². The molecule has 0 saturated heterocycles. The highest BCUT2D eigenvalue weighted by atomic mass is 79.9. The first-order chi connectivity index (χ1) is 9.38. The van der Waals surface area contributed by atoms with Crippen molar-refractivity contribution in [2.75, 3.05) is 0 Å². The summed E-state index contributed by atoms with van der Waals surface area (Å²) in [5.41, 5.74) is 7.97. The number of rotatable bonds is 3. The standard InChI is InChI=1S/C15H13Br2F2N/c1-8-4-9(6-10(16)5-8)14(20)7-11-13(18)3-2-12(17)15(11)19/h2-6,14H,7,20H2,1H3. The van der Waals surface area contributed by atoms with Gasteiger partial charge in [-0.05, 0) is 64.7 Å². The van der Waals surface area contributed by atoms with Crippen molar-refractivity contribution in [3.8, 4) is 0 Å². The van der Waals surface area contributed by atoms with Gasteiger partial charge in [0, 0.05) is 16.1 Å². The Labute approximate surface area is 133 Å². The number of hydrogen-bond donors (Lipinski definition) is 1. The van der Waals surface area contributed by atoms with E-state index in [1.807, 2.05) is 25.1 Å². The van der Waals surface area contributed by atoms with Crippen LogP contribution in [0, 0.1) is 18.6 Å². The van der Waals surface area contributed by atoms with Crippen LogP contribution in [0.1, 0.15) is 22.7 Å². The lowest BCUT2D eigenvalue weighted by molar-refractivity contribution is 0.536. The Morgan fingerprint density at radius 1 is 1.15 bits per heavy atom. The maximum Gasteiger partial charge on any atom is 0.143 e. The molecule has 0 saturated carbocycles. The maximum atomic E-state index is 13.9. The molecule has 5 heteroatoms. The summed E-state index contributed by atoms with van der Waals surface area (Å²) >= 11 is 6.46. The highest BCUT2D eigenvalue weighted by Crippen LogP contribution is 2.27. The molecule has 2 aromatic carbocycles. The molecule has 0 aliphatic rings.